The number of amides is 1. The number of hydrogen-bond acceptors (Lipinski definition) is 3. The smallest absolute Gasteiger partial charge is 0.251 e. The van der Waals surface area contributed by atoms with E-state index in [0.29, 0.717) is 23.4 Å². The highest BCUT2D eigenvalue weighted by Crippen LogP contribution is 2.28. The second kappa shape index (κ2) is 5.19. The molecule has 2 aliphatic heterocycles. The highest BCUT2D eigenvalue weighted by Gasteiger charge is 2.39. The van der Waals surface area contributed by atoms with Crippen molar-refractivity contribution in [1.29, 1.82) is 0 Å². The summed E-state index contributed by atoms with van der Waals surface area (Å²) in [5.74, 6) is 6.34. The molecule has 4 heteroatoms. The number of rotatable bonds is 2. The maximum Gasteiger partial charge on any atom is 0.251 e. The fourth-order valence-corrected chi connectivity index (χ4v) is 3.60. The molecule has 2 fully saturated rings. The van der Waals surface area contributed by atoms with Crippen molar-refractivity contribution in [1.82, 2.24) is 10.6 Å². The van der Waals surface area contributed by atoms with Crippen LogP contribution in [0.4, 0.5) is 0 Å². The Morgan fingerprint density at radius 3 is 3.00 bits per heavy atom. The summed E-state index contributed by atoms with van der Waals surface area (Å²) in [7, 11) is 0. The first-order chi connectivity index (χ1) is 10.7. The van der Waals surface area contributed by atoms with E-state index in [0.717, 1.165) is 23.8 Å². The van der Waals surface area contributed by atoms with Crippen molar-refractivity contribution >= 4 is 16.9 Å². The lowest BCUT2D eigenvalue weighted by molar-refractivity contribution is 0.0931. The average molecular weight is 294 g/mol. The molecule has 0 aliphatic carbocycles. The van der Waals surface area contributed by atoms with E-state index in [2.05, 4.69) is 22.5 Å². The molecule has 112 valence electrons. The topological polar surface area (TPSA) is 54.3 Å². The second-order valence-corrected chi connectivity index (χ2v) is 6.10. The summed E-state index contributed by atoms with van der Waals surface area (Å²) in [6, 6.07) is 8.68. The number of hydrogen-bond donors (Lipinski definition) is 2. The summed E-state index contributed by atoms with van der Waals surface area (Å²) < 4.78 is 5.60. The molecule has 0 radical (unpaired) electrons. The molecule has 4 nitrogen and oxygen atoms in total. The van der Waals surface area contributed by atoms with Crippen molar-refractivity contribution in [2.45, 2.75) is 44.3 Å². The molecule has 2 aromatic rings. The summed E-state index contributed by atoms with van der Waals surface area (Å²) in [5.41, 5.74) is 1.43. The van der Waals surface area contributed by atoms with Crippen LogP contribution in [0.25, 0.3) is 11.0 Å². The highest BCUT2D eigenvalue weighted by molar-refractivity contribution is 5.98. The largest absolute Gasteiger partial charge is 0.448 e. The molecule has 2 aliphatic rings. The van der Waals surface area contributed by atoms with Crippen LogP contribution in [0, 0.1) is 11.8 Å². The zero-order valence-electron chi connectivity index (χ0n) is 12.5. The van der Waals surface area contributed by atoms with Crippen LogP contribution < -0.4 is 10.6 Å². The van der Waals surface area contributed by atoms with Crippen LogP contribution in [-0.2, 0) is 0 Å². The Bertz CT molecular complexity index is 796. The van der Waals surface area contributed by atoms with Crippen molar-refractivity contribution in [2.24, 2.45) is 0 Å². The predicted molar refractivity (Wildman–Crippen MR) is 84.6 cm³/mol. The number of fused-ring (bicyclic) bond motifs is 3. The zero-order valence-corrected chi connectivity index (χ0v) is 12.5. The molecule has 0 saturated carbocycles. The Morgan fingerprint density at radius 2 is 2.27 bits per heavy atom. The lowest BCUT2D eigenvalue weighted by Gasteiger charge is -2.21. The molecule has 1 aromatic carbocycles. The molecule has 3 heterocycles. The van der Waals surface area contributed by atoms with Gasteiger partial charge in [-0.15, -0.1) is 0 Å². The minimum atomic E-state index is -0.00873. The van der Waals surface area contributed by atoms with Crippen LogP contribution in [0.3, 0.4) is 0 Å². The average Bonchev–Trinajstić information content (AvgIpc) is 3.20. The van der Waals surface area contributed by atoms with Crippen LogP contribution in [0.15, 0.2) is 28.7 Å². The number of nitrogens with one attached hydrogen (secondary N) is 2. The molecule has 2 bridgehead atoms. The van der Waals surface area contributed by atoms with Crippen LogP contribution >= 0.6 is 0 Å². The molecule has 0 unspecified atom stereocenters. The summed E-state index contributed by atoms with van der Waals surface area (Å²) in [4.78, 5) is 12.5. The van der Waals surface area contributed by atoms with Gasteiger partial charge in [0.25, 0.3) is 5.91 Å². The van der Waals surface area contributed by atoms with Crippen LogP contribution in [0.2, 0.25) is 0 Å². The van der Waals surface area contributed by atoms with E-state index in [-0.39, 0.29) is 11.9 Å². The van der Waals surface area contributed by atoms with Crippen LogP contribution in [0.5, 0.6) is 0 Å². The predicted octanol–water partition coefficient (Wildman–Crippen LogP) is 2.43. The van der Waals surface area contributed by atoms with Gasteiger partial charge in [0.2, 0.25) is 0 Å². The summed E-state index contributed by atoms with van der Waals surface area (Å²) in [5, 5.41) is 7.61. The first-order valence-corrected chi connectivity index (χ1v) is 7.76. The van der Waals surface area contributed by atoms with Crippen LogP contribution in [0.1, 0.15) is 42.3 Å². The van der Waals surface area contributed by atoms with E-state index in [1.807, 2.05) is 24.3 Å². The maximum absolute atomic E-state index is 12.5. The summed E-state index contributed by atoms with van der Waals surface area (Å²) in [6.45, 7) is 1.77. The van der Waals surface area contributed by atoms with E-state index in [1.165, 1.54) is 6.42 Å². The van der Waals surface area contributed by atoms with Gasteiger partial charge in [-0.25, -0.2) is 0 Å². The first-order valence-electron chi connectivity index (χ1n) is 7.76. The standard InChI is InChI=1S/C18H18N2O2/c1-2-3-14-9-12-8-11(4-7-17(12)22-14)18(21)20-16-10-13-5-6-15(16)19-13/h4,7-9,13,15-16,19H,5-6,10H2,1H3,(H,20,21)/t13-,15+,16-/m1/s1. The molecule has 2 N–H and O–H groups in total. The number of carbonyl (C=O) groups is 1. The fourth-order valence-electron chi connectivity index (χ4n) is 3.60. The molecular formula is C18H18N2O2. The molecular weight excluding hydrogens is 276 g/mol. The number of carbonyl (C=O) groups excluding carboxylic acids is 1. The van der Waals surface area contributed by atoms with E-state index in [9.17, 15) is 4.79 Å². The minimum absolute atomic E-state index is 0.00873. The number of benzene rings is 1. The highest BCUT2D eigenvalue weighted by atomic mass is 16.3. The third kappa shape index (κ3) is 2.28. The summed E-state index contributed by atoms with van der Waals surface area (Å²) in [6.07, 6.45) is 3.44. The van der Waals surface area contributed by atoms with Gasteiger partial charge >= 0.3 is 0 Å². The second-order valence-electron chi connectivity index (χ2n) is 6.10. The van der Waals surface area contributed by atoms with Crippen LogP contribution in [-0.4, -0.2) is 24.0 Å². The molecule has 3 atom stereocenters. The maximum atomic E-state index is 12.5. The molecule has 1 amide bonds. The monoisotopic (exact) mass is 294 g/mol. The van der Waals surface area contributed by atoms with Gasteiger partial charge in [0.15, 0.2) is 5.76 Å². The molecule has 2 saturated heterocycles. The Labute approximate surface area is 129 Å². The van der Waals surface area contributed by atoms with Gasteiger partial charge in [0.1, 0.15) is 5.58 Å². The minimum Gasteiger partial charge on any atom is -0.448 e. The third-order valence-corrected chi connectivity index (χ3v) is 4.64. The Morgan fingerprint density at radius 1 is 1.36 bits per heavy atom. The van der Waals surface area contributed by atoms with Gasteiger partial charge in [-0.3, -0.25) is 4.79 Å². The first kappa shape index (κ1) is 13.4. The van der Waals surface area contributed by atoms with Gasteiger partial charge in [-0.1, -0.05) is 5.92 Å². The van der Waals surface area contributed by atoms with E-state index in [1.54, 1.807) is 6.92 Å². The normalized spacial score (nSPS) is 26.0. The van der Waals surface area contributed by atoms with E-state index in [4.69, 9.17) is 4.42 Å². The van der Waals surface area contributed by atoms with Gasteiger partial charge in [0.05, 0.1) is 0 Å². The SMILES string of the molecule is CC#Cc1cc2cc(C(=O)N[C@@H]3C[C@H]4CC[C@@H]3N4)ccc2o1. The van der Waals surface area contributed by atoms with Crippen molar-refractivity contribution in [3.05, 3.63) is 35.6 Å². The van der Waals surface area contributed by atoms with Crippen molar-refractivity contribution in [3.8, 4) is 11.8 Å². The lowest BCUT2D eigenvalue weighted by atomic mass is 9.95. The third-order valence-electron chi connectivity index (χ3n) is 4.64. The zero-order chi connectivity index (χ0) is 15.1. The molecule has 4 rings (SSSR count). The quantitative estimate of drug-likeness (QED) is 0.836. The number of furan rings is 1. The molecule has 1 aromatic heterocycles. The van der Waals surface area contributed by atoms with Gasteiger partial charge in [-0.2, -0.15) is 0 Å². The fraction of sp³-hybridized carbons (Fsp3) is 0.389. The Kier molecular flexibility index (Phi) is 3.16. The lowest BCUT2D eigenvalue weighted by Crippen LogP contribution is -2.42. The summed E-state index contributed by atoms with van der Waals surface area (Å²) >= 11 is 0. The molecule has 22 heavy (non-hydrogen) atoms. The Hall–Kier alpha value is -2.25. The van der Waals surface area contributed by atoms with Gasteiger partial charge in [-0.05, 0) is 50.3 Å². The van der Waals surface area contributed by atoms with E-state index >= 15 is 0 Å². The van der Waals surface area contributed by atoms with E-state index < -0.39 is 0 Å². The molecule has 0 spiro atoms. The van der Waals surface area contributed by atoms with Gasteiger partial charge < -0.3 is 15.1 Å². The van der Waals surface area contributed by atoms with Crippen molar-refractivity contribution < 1.29 is 9.21 Å². The Balaban J connectivity index is 1.54. The van der Waals surface area contributed by atoms with Crippen molar-refractivity contribution in [3.63, 3.8) is 0 Å². The van der Waals surface area contributed by atoms with Crippen molar-refractivity contribution in [2.75, 3.05) is 0 Å². The van der Waals surface area contributed by atoms with Gasteiger partial charge in [0, 0.05) is 35.1 Å².